The van der Waals surface area contributed by atoms with E-state index >= 15 is 0 Å². The summed E-state index contributed by atoms with van der Waals surface area (Å²) in [5.74, 6) is 0. The molecule has 0 nitrogen and oxygen atoms in total. The molecule has 0 aromatic heterocycles. The van der Waals surface area contributed by atoms with Gasteiger partial charge in [-0.1, -0.05) is 109 Å². The van der Waals surface area contributed by atoms with Crippen LogP contribution in [-0.4, -0.2) is 16.1 Å². The molecule has 2 heteroatoms. The van der Waals surface area contributed by atoms with Gasteiger partial charge in [-0.2, -0.15) is 0 Å². The first kappa shape index (κ1) is 18.4. The lowest BCUT2D eigenvalue weighted by molar-refractivity contribution is 1.65. The Bertz CT molecular complexity index is 667. The van der Waals surface area contributed by atoms with Crippen LogP contribution >= 0.6 is 0 Å². The summed E-state index contributed by atoms with van der Waals surface area (Å²) in [7, 11) is -2.91. The van der Waals surface area contributed by atoms with Crippen LogP contribution in [0.5, 0.6) is 0 Å². The minimum atomic E-state index is -1.46. The van der Waals surface area contributed by atoms with Crippen molar-refractivity contribution in [2.24, 2.45) is 0 Å². The lowest BCUT2D eigenvalue weighted by atomic mass is 10.1. The normalized spacial score (nSPS) is 12.3. The summed E-state index contributed by atoms with van der Waals surface area (Å²) in [6, 6.07) is 17.8. The molecule has 0 unspecified atom stereocenters. The van der Waals surface area contributed by atoms with Crippen LogP contribution in [0.4, 0.5) is 0 Å². The third-order valence-electron chi connectivity index (χ3n) is 4.80. The van der Waals surface area contributed by atoms with E-state index in [9.17, 15) is 0 Å². The molecule has 0 aliphatic rings. The fraction of sp³-hybridized carbons (Fsp3) is 0.182. The van der Waals surface area contributed by atoms with Gasteiger partial charge in [0, 0.05) is 0 Å². The van der Waals surface area contributed by atoms with Gasteiger partial charge in [-0.25, -0.2) is 0 Å². The van der Waals surface area contributed by atoms with Crippen molar-refractivity contribution in [1.82, 2.24) is 0 Å². The SMILES string of the molecule is C=C[Si](C)(C)c1ccc(C=Cc2ccc([Si](C)(C)C=C)cc2)cc1. The van der Waals surface area contributed by atoms with Crippen molar-refractivity contribution < 1.29 is 0 Å². The minimum absolute atomic E-state index is 1.23. The van der Waals surface area contributed by atoms with Gasteiger partial charge >= 0.3 is 0 Å². The van der Waals surface area contributed by atoms with E-state index in [0.29, 0.717) is 0 Å². The summed E-state index contributed by atoms with van der Waals surface area (Å²) >= 11 is 0. The second-order valence-electron chi connectivity index (χ2n) is 7.43. The van der Waals surface area contributed by atoms with E-state index in [-0.39, 0.29) is 0 Å². The van der Waals surface area contributed by atoms with Crippen molar-refractivity contribution in [3.05, 3.63) is 84.2 Å². The van der Waals surface area contributed by atoms with Crippen LogP contribution in [0.25, 0.3) is 12.2 Å². The van der Waals surface area contributed by atoms with Gasteiger partial charge in [-0.3, -0.25) is 0 Å². The van der Waals surface area contributed by atoms with Gasteiger partial charge in [-0.05, 0) is 11.1 Å². The van der Waals surface area contributed by atoms with Crippen LogP contribution in [0.3, 0.4) is 0 Å². The Hall–Kier alpha value is -1.91. The molecule has 0 spiro atoms. The molecule has 0 fully saturated rings. The number of benzene rings is 2. The van der Waals surface area contributed by atoms with Crippen LogP contribution in [0, 0.1) is 0 Å². The molecule has 0 atom stereocenters. The first-order valence-electron chi connectivity index (χ1n) is 8.45. The molecule has 24 heavy (non-hydrogen) atoms. The molecule has 2 aromatic carbocycles. The number of rotatable bonds is 6. The van der Waals surface area contributed by atoms with Crippen LogP contribution < -0.4 is 10.4 Å². The zero-order chi connectivity index (χ0) is 17.8. The van der Waals surface area contributed by atoms with Crippen molar-refractivity contribution in [3.63, 3.8) is 0 Å². The highest BCUT2D eigenvalue weighted by atomic mass is 28.3. The van der Waals surface area contributed by atoms with Crippen molar-refractivity contribution in [2.75, 3.05) is 0 Å². The Morgan fingerprint density at radius 1 is 0.583 bits per heavy atom. The molecule has 0 saturated carbocycles. The fourth-order valence-corrected chi connectivity index (χ4v) is 5.00. The van der Waals surface area contributed by atoms with E-state index in [1.165, 1.54) is 21.5 Å². The van der Waals surface area contributed by atoms with Crippen molar-refractivity contribution in [3.8, 4) is 0 Å². The summed E-state index contributed by atoms with van der Waals surface area (Å²) in [5, 5.41) is 2.85. The summed E-state index contributed by atoms with van der Waals surface area (Å²) in [4.78, 5) is 0. The van der Waals surface area contributed by atoms with Gasteiger partial charge in [0.2, 0.25) is 0 Å². The van der Waals surface area contributed by atoms with Crippen molar-refractivity contribution >= 4 is 38.7 Å². The van der Waals surface area contributed by atoms with Gasteiger partial charge in [0.1, 0.15) is 16.1 Å². The Kier molecular flexibility index (Phi) is 5.63. The Labute approximate surface area is 149 Å². The third-order valence-corrected chi connectivity index (χ3v) is 10.5. The highest BCUT2D eigenvalue weighted by Gasteiger charge is 2.19. The maximum absolute atomic E-state index is 3.98. The Balaban J connectivity index is 2.14. The Morgan fingerprint density at radius 2 is 0.875 bits per heavy atom. The predicted molar refractivity (Wildman–Crippen MR) is 116 cm³/mol. The summed E-state index contributed by atoms with van der Waals surface area (Å²) < 4.78 is 0. The smallest absolute Gasteiger partial charge is 0.103 e. The monoisotopic (exact) mass is 348 g/mol. The summed E-state index contributed by atoms with van der Waals surface area (Å²) in [6.45, 7) is 17.2. The van der Waals surface area contributed by atoms with Gasteiger partial charge in [0.25, 0.3) is 0 Å². The van der Waals surface area contributed by atoms with Crippen LogP contribution in [0.15, 0.2) is 73.1 Å². The van der Waals surface area contributed by atoms with Crippen LogP contribution in [-0.2, 0) is 0 Å². The topological polar surface area (TPSA) is 0 Å². The standard InChI is InChI=1S/C22H28Si2/c1-7-23(3,4)21-15-11-19(12-16-21)9-10-20-13-17-22(18-14-20)24(5,6)8-2/h7-18H,1-2H2,3-6H3. The predicted octanol–water partition coefficient (Wildman–Crippen LogP) is 5.14. The molecular weight excluding hydrogens is 320 g/mol. The average molecular weight is 349 g/mol. The van der Waals surface area contributed by atoms with Gasteiger partial charge in [0.05, 0.1) is 0 Å². The zero-order valence-electron chi connectivity index (χ0n) is 15.3. The van der Waals surface area contributed by atoms with Gasteiger partial charge in [0.15, 0.2) is 0 Å². The van der Waals surface area contributed by atoms with E-state index in [4.69, 9.17) is 0 Å². The molecule has 0 heterocycles. The largest absolute Gasteiger partial charge is 0.107 e. The molecule has 0 bridgehead atoms. The van der Waals surface area contributed by atoms with Crippen molar-refractivity contribution in [1.29, 1.82) is 0 Å². The van der Waals surface area contributed by atoms with E-state index in [1.54, 1.807) is 0 Å². The van der Waals surface area contributed by atoms with Gasteiger partial charge in [-0.15, -0.1) is 13.2 Å². The van der Waals surface area contributed by atoms with Gasteiger partial charge < -0.3 is 0 Å². The second kappa shape index (κ2) is 7.33. The van der Waals surface area contributed by atoms with E-state index < -0.39 is 16.1 Å². The molecule has 2 aromatic rings. The molecule has 2 rings (SSSR count). The summed E-state index contributed by atoms with van der Waals surface area (Å²) in [6.07, 6.45) is 4.36. The molecule has 0 aliphatic heterocycles. The van der Waals surface area contributed by atoms with E-state index in [1.807, 2.05) is 0 Å². The molecule has 0 N–H and O–H groups in total. The van der Waals surface area contributed by atoms with E-state index in [0.717, 1.165) is 0 Å². The molecule has 0 radical (unpaired) electrons. The third kappa shape index (κ3) is 4.34. The number of hydrogen-bond donors (Lipinski definition) is 0. The highest BCUT2D eigenvalue weighted by molar-refractivity contribution is 6.94. The van der Waals surface area contributed by atoms with Crippen molar-refractivity contribution in [2.45, 2.75) is 26.2 Å². The molecule has 0 aliphatic carbocycles. The molecule has 0 saturated heterocycles. The second-order valence-corrected chi connectivity index (χ2v) is 16.3. The lowest BCUT2D eigenvalue weighted by Gasteiger charge is -2.18. The summed E-state index contributed by atoms with van der Waals surface area (Å²) in [5.41, 5.74) is 6.73. The molecular formula is C22H28Si2. The zero-order valence-corrected chi connectivity index (χ0v) is 17.3. The molecule has 124 valence electrons. The highest BCUT2D eigenvalue weighted by Crippen LogP contribution is 2.11. The molecule has 0 amide bonds. The lowest BCUT2D eigenvalue weighted by Crippen LogP contribution is -2.39. The quantitative estimate of drug-likeness (QED) is 0.501. The fourth-order valence-electron chi connectivity index (χ4n) is 2.48. The number of hydrogen-bond acceptors (Lipinski definition) is 0. The van der Waals surface area contributed by atoms with Crippen LogP contribution in [0.2, 0.25) is 26.2 Å². The van der Waals surface area contributed by atoms with E-state index in [2.05, 4.69) is 111 Å². The first-order chi connectivity index (χ1) is 11.3. The van der Waals surface area contributed by atoms with Crippen LogP contribution in [0.1, 0.15) is 11.1 Å². The minimum Gasteiger partial charge on any atom is -0.107 e. The average Bonchev–Trinajstić information content (AvgIpc) is 2.60. The first-order valence-corrected chi connectivity index (χ1v) is 14.6. The Morgan fingerprint density at radius 3 is 1.12 bits per heavy atom. The maximum atomic E-state index is 3.98. The maximum Gasteiger partial charge on any atom is 0.103 e.